The molecule has 1 heterocycles. The molecule has 1 N–H and O–H groups in total. The third-order valence-electron chi connectivity index (χ3n) is 3.86. The van der Waals surface area contributed by atoms with Gasteiger partial charge >= 0.3 is 11.8 Å². The van der Waals surface area contributed by atoms with E-state index in [0.29, 0.717) is 18.0 Å². The minimum Gasteiger partial charge on any atom is -0.495 e. The largest absolute Gasteiger partial charge is 0.495 e. The van der Waals surface area contributed by atoms with Gasteiger partial charge in [0.15, 0.2) is 0 Å². The second-order valence-electron chi connectivity index (χ2n) is 5.50. The van der Waals surface area contributed by atoms with Crippen molar-refractivity contribution in [2.24, 2.45) is 0 Å². The van der Waals surface area contributed by atoms with Crippen molar-refractivity contribution in [3.8, 4) is 5.75 Å². The highest BCUT2D eigenvalue weighted by Crippen LogP contribution is 2.25. The lowest BCUT2D eigenvalue weighted by Gasteiger charge is -2.32. The molecule has 1 aliphatic rings. The van der Waals surface area contributed by atoms with Crippen molar-refractivity contribution in [1.82, 2.24) is 4.90 Å². The molecule has 0 radical (unpaired) electrons. The van der Waals surface area contributed by atoms with E-state index in [2.05, 4.69) is 5.32 Å². The minimum absolute atomic E-state index is 0.122. The van der Waals surface area contributed by atoms with E-state index in [-0.39, 0.29) is 6.04 Å². The molecular formula is C16H22N2O3. The van der Waals surface area contributed by atoms with Crippen LogP contribution < -0.4 is 10.1 Å². The van der Waals surface area contributed by atoms with Crippen LogP contribution in [0.3, 0.4) is 0 Å². The van der Waals surface area contributed by atoms with Crippen LogP contribution in [0.15, 0.2) is 18.2 Å². The number of hydrogen-bond acceptors (Lipinski definition) is 3. The minimum atomic E-state index is -0.604. The van der Waals surface area contributed by atoms with Gasteiger partial charge in [-0.25, -0.2) is 0 Å². The monoisotopic (exact) mass is 290 g/mol. The smallest absolute Gasteiger partial charge is 0.314 e. The summed E-state index contributed by atoms with van der Waals surface area (Å²) >= 11 is 0. The topological polar surface area (TPSA) is 58.6 Å². The fourth-order valence-electron chi connectivity index (χ4n) is 2.63. The molecule has 1 aliphatic heterocycles. The molecule has 1 fully saturated rings. The second kappa shape index (κ2) is 6.61. The molecule has 1 atom stereocenters. The number of likely N-dealkylation sites (tertiary alicyclic amines) is 1. The standard InChI is InChI=1S/C16H22N2O3/c1-11-7-8-14(21-3)13(10-11)17-15(19)16(20)18-9-5-4-6-12(18)2/h7-8,10,12H,4-6,9H2,1-3H3,(H,17,19). The quantitative estimate of drug-likeness (QED) is 0.851. The van der Waals surface area contributed by atoms with Gasteiger partial charge in [0.25, 0.3) is 0 Å². The van der Waals surface area contributed by atoms with Crippen LogP contribution in [0.25, 0.3) is 0 Å². The highest BCUT2D eigenvalue weighted by molar-refractivity contribution is 6.39. The fraction of sp³-hybridized carbons (Fsp3) is 0.500. The summed E-state index contributed by atoms with van der Waals surface area (Å²) < 4.78 is 5.21. The maximum absolute atomic E-state index is 12.3. The number of benzene rings is 1. The van der Waals surface area contributed by atoms with Crippen LogP contribution in [0.4, 0.5) is 5.69 Å². The Morgan fingerprint density at radius 2 is 2.10 bits per heavy atom. The van der Waals surface area contributed by atoms with Crippen molar-refractivity contribution < 1.29 is 14.3 Å². The molecule has 0 bridgehead atoms. The van der Waals surface area contributed by atoms with Crippen molar-refractivity contribution in [3.63, 3.8) is 0 Å². The second-order valence-corrected chi connectivity index (χ2v) is 5.50. The first kappa shape index (κ1) is 15.4. The third-order valence-corrected chi connectivity index (χ3v) is 3.86. The van der Waals surface area contributed by atoms with E-state index in [4.69, 9.17) is 4.74 Å². The molecule has 1 aromatic carbocycles. The van der Waals surface area contributed by atoms with E-state index in [1.165, 1.54) is 7.11 Å². The number of carbonyl (C=O) groups is 2. The Hall–Kier alpha value is -2.04. The van der Waals surface area contributed by atoms with Crippen molar-refractivity contribution in [2.45, 2.75) is 39.2 Å². The lowest BCUT2D eigenvalue weighted by atomic mass is 10.0. The van der Waals surface area contributed by atoms with Gasteiger partial charge in [-0.2, -0.15) is 0 Å². The van der Waals surface area contributed by atoms with Crippen LogP contribution in [-0.4, -0.2) is 36.4 Å². The van der Waals surface area contributed by atoms with Crippen molar-refractivity contribution in [3.05, 3.63) is 23.8 Å². The summed E-state index contributed by atoms with van der Waals surface area (Å²) in [5, 5.41) is 2.66. The van der Waals surface area contributed by atoms with E-state index >= 15 is 0 Å². The normalized spacial score (nSPS) is 18.2. The van der Waals surface area contributed by atoms with Gasteiger partial charge in [0.2, 0.25) is 0 Å². The summed E-state index contributed by atoms with van der Waals surface area (Å²) in [4.78, 5) is 26.1. The van der Waals surface area contributed by atoms with Crippen LogP contribution in [0.2, 0.25) is 0 Å². The predicted molar refractivity (Wildman–Crippen MR) is 81.4 cm³/mol. The lowest BCUT2D eigenvalue weighted by molar-refractivity contribution is -0.145. The fourth-order valence-corrected chi connectivity index (χ4v) is 2.63. The molecule has 2 amide bonds. The summed E-state index contributed by atoms with van der Waals surface area (Å²) in [6, 6.07) is 5.59. The number of hydrogen-bond donors (Lipinski definition) is 1. The van der Waals surface area contributed by atoms with E-state index in [1.54, 1.807) is 17.0 Å². The van der Waals surface area contributed by atoms with E-state index in [9.17, 15) is 9.59 Å². The van der Waals surface area contributed by atoms with Gasteiger partial charge in [-0.15, -0.1) is 0 Å². The predicted octanol–water partition coefficient (Wildman–Crippen LogP) is 2.34. The van der Waals surface area contributed by atoms with Crippen molar-refractivity contribution >= 4 is 17.5 Å². The number of carbonyl (C=O) groups excluding carboxylic acids is 2. The molecule has 5 nitrogen and oxygen atoms in total. The van der Waals surface area contributed by atoms with Gasteiger partial charge in [0.1, 0.15) is 5.75 Å². The third kappa shape index (κ3) is 3.54. The molecule has 1 unspecified atom stereocenters. The van der Waals surface area contributed by atoms with Gasteiger partial charge in [-0.1, -0.05) is 6.07 Å². The van der Waals surface area contributed by atoms with Gasteiger partial charge < -0.3 is 15.0 Å². The number of nitrogens with one attached hydrogen (secondary N) is 1. The molecule has 5 heteroatoms. The molecule has 2 rings (SSSR count). The Morgan fingerprint density at radius 1 is 1.33 bits per heavy atom. The van der Waals surface area contributed by atoms with E-state index < -0.39 is 11.8 Å². The maximum Gasteiger partial charge on any atom is 0.314 e. The molecule has 0 aromatic heterocycles. The zero-order chi connectivity index (χ0) is 15.4. The number of methoxy groups -OCH3 is 1. The number of aryl methyl sites for hydroxylation is 1. The molecule has 1 aromatic rings. The average Bonchev–Trinajstić information content (AvgIpc) is 2.47. The molecular weight excluding hydrogens is 268 g/mol. The van der Waals surface area contributed by atoms with E-state index in [0.717, 1.165) is 24.8 Å². The number of ether oxygens (including phenoxy) is 1. The Balaban J connectivity index is 2.10. The van der Waals surface area contributed by atoms with Crippen LogP contribution in [-0.2, 0) is 9.59 Å². The Labute approximate surface area is 125 Å². The number of amides is 2. The molecule has 21 heavy (non-hydrogen) atoms. The Morgan fingerprint density at radius 3 is 2.76 bits per heavy atom. The zero-order valence-electron chi connectivity index (χ0n) is 12.8. The summed E-state index contributed by atoms with van der Waals surface area (Å²) in [5.74, 6) is -0.521. The number of anilines is 1. The van der Waals surface area contributed by atoms with Crippen LogP contribution in [0, 0.1) is 6.92 Å². The lowest BCUT2D eigenvalue weighted by Crippen LogP contribution is -2.47. The molecule has 1 saturated heterocycles. The number of nitrogens with zero attached hydrogens (tertiary/aromatic N) is 1. The van der Waals surface area contributed by atoms with Crippen LogP contribution in [0.1, 0.15) is 31.7 Å². The average molecular weight is 290 g/mol. The first-order valence-electron chi connectivity index (χ1n) is 7.29. The number of rotatable bonds is 2. The highest BCUT2D eigenvalue weighted by Gasteiger charge is 2.28. The van der Waals surface area contributed by atoms with Crippen LogP contribution in [0.5, 0.6) is 5.75 Å². The zero-order valence-corrected chi connectivity index (χ0v) is 12.8. The van der Waals surface area contributed by atoms with Gasteiger partial charge in [-0.3, -0.25) is 9.59 Å². The van der Waals surface area contributed by atoms with Crippen molar-refractivity contribution in [2.75, 3.05) is 19.0 Å². The first-order valence-corrected chi connectivity index (χ1v) is 7.29. The molecule has 0 spiro atoms. The molecule has 0 aliphatic carbocycles. The first-order chi connectivity index (χ1) is 10.0. The van der Waals surface area contributed by atoms with Crippen LogP contribution >= 0.6 is 0 Å². The Kier molecular flexibility index (Phi) is 4.83. The Bertz CT molecular complexity index is 542. The highest BCUT2D eigenvalue weighted by atomic mass is 16.5. The molecule has 114 valence electrons. The van der Waals surface area contributed by atoms with E-state index in [1.807, 2.05) is 19.9 Å². The van der Waals surface area contributed by atoms with Gasteiger partial charge in [0.05, 0.1) is 12.8 Å². The summed E-state index contributed by atoms with van der Waals surface area (Å²) in [5.41, 5.74) is 1.52. The maximum atomic E-state index is 12.3. The van der Waals surface area contributed by atoms with Gasteiger partial charge in [-0.05, 0) is 50.8 Å². The number of piperidine rings is 1. The SMILES string of the molecule is COc1ccc(C)cc1NC(=O)C(=O)N1CCCCC1C. The van der Waals surface area contributed by atoms with Crippen molar-refractivity contribution in [1.29, 1.82) is 0 Å². The summed E-state index contributed by atoms with van der Waals surface area (Å²) in [6.07, 6.45) is 3.02. The summed E-state index contributed by atoms with van der Waals surface area (Å²) in [6.45, 7) is 4.56. The van der Waals surface area contributed by atoms with Gasteiger partial charge in [0, 0.05) is 12.6 Å². The molecule has 0 saturated carbocycles. The summed E-state index contributed by atoms with van der Waals surface area (Å²) in [7, 11) is 1.54.